The first kappa shape index (κ1) is 15.3. The summed E-state index contributed by atoms with van der Waals surface area (Å²) in [5.41, 5.74) is -0.0338. The zero-order valence-corrected chi connectivity index (χ0v) is 12.3. The van der Waals surface area contributed by atoms with Crippen molar-refractivity contribution in [3.63, 3.8) is 0 Å². The molecule has 1 saturated carbocycles. The highest BCUT2D eigenvalue weighted by molar-refractivity contribution is 7.99. The Hall–Kier alpha value is 0.270. The molecule has 2 nitrogen and oxygen atoms in total. The first-order valence-corrected chi connectivity index (χ1v) is 8.29. The number of hydrogen-bond acceptors (Lipinski definition) is 3. The van der Waals surface area contributed by atoms with Crippen LogP contribution in [0.4, 0.5) is 0 Å². The molecule has 1 rings (SSSR count). The summed E-state index contributed by atoms with van der Waals surface area (Å²) in [5, 5.41) is 12.7. The number of rotatable bonds is 9. The molecule has 3 heteroatoms. The molecule has 1 unspecified atom stereocenters. The highest BCUT2D eigenvalue weighted by Gasteiger charge is 2.24. The minimum Gasteiger partial charge on any atom is -0.394 e. The van der Waals surface area contributed by atoms with E-state index in [0.29, 0.717) is 0 Å². The molecule has 0 radical (unpaired) electrons. The van der Waals surface area contributed by atoms with Crippen molar-refractivity contribution in [2.75, 3.05) is 25.2 Å². The minimum atomic E-state index is -0.0338. The molecule has 1 fully saturated rings. The lowest BCUT2D eigenvalue weighted by molar-refractivity contribution is 0.154. The summed E-state index contributed by atoms with van der Waals surface area (Å²) < 4.78 is 0. The summed E-state index contributed by atoms with van der Waals surface area (Å²) in [4.78, 5) is 0. The van der Waals surface area contributed by atoms with Crippen molar-refractivity contribution in [2.45, 2.75) is 57.4 Å². The Morgan fingerprint density at radius 3 is 2.59 bits per heavy atom. The third-order valence-electron chi connectivity index (χ3n) is 4.28. The predicted octanol–water partition coefficient (Wildman–Crippen LogP) is 3.05. The maximum atomic E-state index is 9.44. The van der Waals surface area contributed by atoms with Crippen molar-refractivity contribution < 1.29 is 5.11 Å². The second-order valence-electron chi connectivity index (χ2n) is 5.37. The molecule has 0 aromatic rings. The molecular formula is C14H29NOS. The van der Waals surface area contributed by atoms with Crippen molar-refractivity contribution in [3.05, 3.63) is 0 Å². The molecule has 1 aliphatic rings. The van der Waals surface area contributed by atoms with E-state index in [1.165, 1.54) is 43.6 Å². The molecular weight excluding hydrogens is 230 g/mol. The smallest absolute Gasteiger partial charge is 0.0613 e. The van der Waals surface area contributed by atoms with E-state index in [4.69, 9.17) is 0 Å². The Balaban J connectivity index is 2.05. The van der Waals surface area contributed by atoms with Crippen LogP contribution in [-0.4, -0.2) is 35.8 Å². The van der Waals surface area contributed by atoms with Crippen LogP contribution in [0.2, 0.25) is 0 Å². The van der Waals surface area contributed by atoms with Gasteiger partial charge in [-0.2, -0.15) is 11.8 Å². The lowest BCUT2D eigenvalue weighted by Gasteiger charge is -2.30. The molecule has 0 saturated heterocycles. The van der Waals surface area contributed by atoms with Crippen LogP contribution in [0, 0.1) is 5.92 Å². The molecule has 102 valence electrons. The molecule has 2 N–H and O–H groups in total. The van der Waals surface area contributed by atoms with Crippen molar-refractivity contribution in [1.29, 1.82) is 0 Å². The van der Waals surface area contributed by atoms with Gasteiger partial charge in [-0.25, -0.2) is 0 Å². The first-order chi connectivity index (χ1) is 8.26. The molecule has 0 spiro atoms. The van der Waals surface area contributed by atoms with E-state index in [1.807, 2.05) is 7.05 Å². The van der Waals surface area contributed by atoms with Crippen molar-refractivity contribution >= 4 is 11.8 Å². The largest absolute Gasteiger partial charge is 0.394 e. The topological polar surface area (TPSA) is 32.3 Å². The molecule has 1 atom stereocenters. The lowest BCUT2D eigenvalue weighted by atomic mass is 9.92. The predicted molar refractivity (Wildman–Crippen MR) is 77.7 cm³/mol. The molecule has 1 aliphatic carbocycles. The third-order valence-corrected chi connectivity index (χ3v) is 5.57. The number of thioether (sulfide) groups is 1. The maximum Gasteiger partial charge on any atom is 0.0613 e. The van der Waals surface area contributed by atoms with E-state index >= 15 is 0 Å². The van der Waals surface area contributed by atoms with Gasteiger partial charge in [0.1, 0.15) is 0 Å². The number of likely N-dealkylation sites (N-methyl/N-ethyl adjacent to an activating group) is 1. The number of nitrogens with one attached hydrogen (secondary N) is 1. The van der Waals surface area contributed by atoms with Gasteiger partial charge in [-0.05, 0) is 56.6 Å². The van der Waals surface area contributed by atoms with Gasteiger partial charge < -0.3 is 10.4 Å². The Labute approximate surface area is 111 Å². The SMILES string of the molecule is CCC(CO)(CCCSCC1CCCC1)NC. The fourth-order valence-electron chi connectivity index (χ4n) is 2.69. The summed E-state index contributed by atoms with van der Waals surface area (Å²) in [6.07, 6.45) is 9.13. The first-order valence-electron chi connectivity index (χ1n) is 7.14. The molecule has 0 amide bonds. The van der Waals surface area contributed by atoms with Gasteiger partial charge in [0.15, 0.2) is 0 Å². The fraction of sp³-hybridized carbons (Fsp3) is 1.00. The standard InChI is InChI=1S/C14H29NOS/c1-3-14(12-16,15-2)9-6-10-17-11-13-7-4-5-8-13/h13,15-16H,3-12H2,1-2H3. The van der Waals surface area contributed by atoms with Crippen molar-refractivity contribution in [2.24, 2.45) is 5.92 Å². The van der Waals surface area contributed by atoms with Crippen LogP contribution in [-0.2, 0) is 0 Å². The van der Waals surface area contributed by atoms with Crippen LogP contribution >= 0.6 is 11.8 Å². The monoisotopic (exact) mass is 259 g/mol. The van der Waals surface area contributed by atoms with Crippen LogP contribution in [0.1, 0.15) is 51.9 Å². The lowest BCUT2D eigenvalue weighted by Crippen LogP contribution is -2.45. The molecule has 0 bridgehead atoms. The number of aliphatic hydroxyl groups is 1. The van der Waals surface area contributed by atoms with Gasteiger partial charge in [-0.3, -0.25) is 0 Å². The van der Waals surface area contributed by atoms with Crippen molar-refractivity contribution in [1.82, 2.24) is 5.32 Å². The van der Waals surface area contributed by atoms with Gasteiger partial charge in [0.25, 0.3) is 0 Å². The second-order valence-corrected chi connectivity index (χ2v) is 6.52. The van der Waals surface area contributed by atoms with E-state index in [9.17, 15) is 5.11 Å². The average molecular weight is 259 g/mol. The zero-order valence-electron chi connectivity index (χ0n) is 11.5. The Morgan fingerprint density at radius 1 is 1.35 bits per heavy atom. The van der Waals surface area contributed by atoms with Gasteiger partial charge in [-0.15, -0.1) is 0 Å². The Kier molecular flexibility index (Phi) is 7.56. The maximum absolute atomic E-state index is 9.44. The van der Waals surface area contributed by atoms with Crippen molar-refractivity contribution in [3.8, 4) is 0 Å². The number of hydrogen-bond donors (Lipinski definition) is 2. The fourth-order valence-corrected chi connectivity index (χ4v) is 3.87. The van der Waals surface area contributed by atoms with E-state index in [0.717, 1.165) is 18.8 Å². The quantitative estimate of drug-likeness (QED) is 0.624. The normalized spacial score (nSPS) is 20.6. The van der Waals surface area contributed by atoms with Crippen LogP contribution in [0.25, 0.3) is 0 Å². The second kappa shape index (κ2) is 8.39. The highest BCUT2D eigenvalue weighted by Crippen LogP contribution is 2.28. The van der Waals surface area contributed by atoms with E-state index < -0.39 is 0 Å². The zero-order chi connectivity index (χ0) is 12.6. The van der Waals surface area contributed by atoms with Gasteiger partial charge in [0.05, 0.1) is 6.61 Å². The van der Waals surface area contributed by atoms with E-state index in [2.05, 4.69) is 24.0 Å². The van der Waals surface area contributed by atoms with Gasteiger partial charge in [0.2, 0.25) is 0 Å². The molecule has 0 aliphatic heterocycles. The molecule has 17 heavy (non-hydrogen) atoms. The Bertz CT molecular complexity index is 180. The summed E-state index contributed by atoms with van der Waals surface area (Å²) in [6.45, 7) is 2.41. The average Bonchev–Trinajstić information content (AvgIpc) is 2.88. The summed E-state index contributed by atoms with van der Waals surface area (Å²) in [7, 11) is 1.96. The highest BCUT2D eigenvalue weighted by atomic mass is 32.2. The van der Waals surface area contributed by atoms with Gasteiger partial charge in [-0.1, -0.05) is 19.8 Å². The minimum absolute atomic E-state index is 0.0338. The summed E-state index contributed by atoms with van der Waals surface area (Å²) in [6, 6.07) is 0. The molecule has 0 heterocycles. The van der Waals surface area contributed by atoms with Crippen LogP contribution < -0.4 is 5.32 Å². The van der Waals surface area contributed by atoms with E-state index in [-0.39, 0.29) is 12.1 Å². The summed E-state index contributed by atoms with van der Waals surface area (Å²) >= 11 is 2.11. The van der Waals surface area contributed by atoms with Gasteiger partial charge in [0, 0.05) is 5.54 Å². The Morgan fingerprint density at radius 2 is 2.06 bits per heavy atom. The molecule has 0 aromatic heterocycles. The van der Waals surface area contributed by atoms with Crippen LogP contribution in [0.15, 0.2) is 0 Å². The van der Waals surface area contributed by atoms with E-state index in [1.54, 1.807) is 0 Å². The number of aliphatic hydroxyl groups excluding tert-OH is 1. The van der Waals surface area contributed by atoms with Crippen LogP contribution in [0.3, 0.4) is 0 Å². The third kappa shape index (κ3) is 5.19. The van der Waals surface area contributed by atoms with Gasteiger partial charge >= 0.3 is 0 Å². The van der Waals surface area contributed by atoms with Crippen LogP contribution in [0.5, 0.6) is 0 Å². The summed E-state index contributed by atoms with van der Waals surface area (Å²) in [5.74, 6) is 3.61. The molecule has 0 aromatic carbocycles.